The van der Waals surface area contributed by atoms with Crippen LogP contribution in [0.5, 0.6) is 11.5 Å². The van der Waals surface area contributed by atoms with Crippen LogP contribution in [-0.2, 0) is 14.4 Å². The van der Waals surface area contributed by atoms with Crippen molar-refractivity contribution in [1.82, 2.24) is 0 Å². The number of furan rings is 1. The number of halogens is 1. The molecular formula is C16H12ClNO6. The number of hydrogen-bond donors (Lipinski definition) is 1. The molecule has 2 amide bonds. The molecule has 1 aromatic heterocycles. The fourth-order valence-electron chi connectivity index (χ4n) is 2.41. The molecule has 0 atom stereocenters. The van der Waals surface area contributed by atoms with Gasteiger partial charge < -0.3 is 14.3 Å². The molecular weight excluding hydrogens is 338 g/mol. The Labute approximate surface area is 141 Å². The molecule has 24 heavy (non-hydrogen) atoms. The van der Waals surface area contributed by atoms with Crippen molar-refractivity contribution in [2.45, 2.75) is 19.8 Å². The zero-order valence-electron chi connectivity index (χ0n) is 12.5. The molecule has 8 heteroatoms. The van der Waals surface area contributed by atoms with E-state index in [1.807, 2.05) is 0 Å². The molecule has 7 nitrogen and oxygen atoms in total. The summed E-state index contributed by atoms with van der Waals surface area (Å²) in [6.45, 7) is 1.12. The quantitative estimate of drug-likeness (QED) is 0.676. The summed E-state index contributed by atoms with van der Waals surface area (Å²) in [6.07, 6.45) is 0.0302. The molecule has 2 aromatic rings. The van der Waals surface area contributed by atoms with E-state index in [-0.39, 0.29) is 35.3 Å². The van der Waals surface area contributed by atoms with E-state index in [0.717, 1.165) is 11.8 Å². The third kappa shape index (κ3) is 2.63. The second kappa shape index (κ2) is 6.01. The fraction of sp³-hybridized carbons (Fsp3) is 0.188. The van der Waals surface area contributed by atoms with Crippen LogP contribution in [0, 0.1) is 0 Å². The number of benzene rings is 1. The number of imide groups is 1. The second-order valence-electron chi connectivity index (χ2n) is 5.11. The van der Waals surface area contributed by atoms with Gasteiger partial charge in [-0.15, -0.1) is 0 Å². The normalized spacial score (nSPS) is 14.3. The maximum atomic E-state index is 11.9. The second-order valence-corrected chi connectivity index (χ2v) is 5.52. The molecule has 0 bridgehead atoms. The van der Waals surface area contributed by atoms with Crippen LogP contribution in [0.15, 0.2) is 28.7 Å². The van der Waals surface area contributed by atoms with Gasteiger partial charge in [-0.2, -0.15) is 0 Å². The van der Waals surface area contributed by atoms with Crippen molar-refractivity contribution in [2.24, 2.45) is 0 Å². The van der Waals surface area contributed by atoms with Crippen LogP contribution < -0.4 is 9.64 Å². The predicted molar refractivity (Wildman–Crippen MR) is 83.9 cm³/mol. The Morgan fingerprint density at radius 2 is 1.88 bits per heavy atom. The number of esters is 1. The first-order valence-corrected chi connectivity index (χ1v) is 7.42. The molecule has 0 saturated carbocycles. The predicted octanol–water partition coefficient (Wildman–Crippen LogP) is 2.88. The van der Waals surface area contributed by atoms with E-state index in [1.165, 1.54) is 0 Å². The topological polar surface area (TPSA) is 97.0 Å². The number of carbonyl (C=O) groups excluding carboxylic acids is 3. The van der Waals surface area contributed by atoms with Crippen molar-refractivity contribution in [3.8, 4) is 22.8 Å². The Bertz CT molecular complexity index is 840. The zero-order valence-corrected chi connectivity index (χ0v) is 13.3. The number of ether oxygens (including phenoxy) is 1. The molecule has 3 rings (SSSR count). The van der Waals surface area contributed by atoms with Crippen LogP contribution in [0.4, 0.5) is 5.88 Å². The van der Waals surface area contributed by atoms with Gasteiger partial charge >= 0.3 is 5.97 Å². The average Bonchev–Trinajstić information content (AvgIpc) is 3.01. The fourth-order valence-corrected chi connectivity index (χ4v) is 2.63. The highest BCUT2D eigenvalue weighted by Gasteiger charge is 2.38. The Kier molecular flexibility index (Phi) is 4.02. The van der Waals surface area contributed by atoms with Gasteiger partial charge in [-0.1, -0.05) is 23.7 Å². The third-order valence-corrected chi connectivity index (χ3v) is 3.77. The summed E-state index contributed by atoms with van der Waals surface area (Å²) in [5, 5.41) is 10.7. The van der Waals surface area contributed by atoms with Crippen molar-refractivity contribution in [3.05, 3.63) is 29.3 Å². The lowest BCUT2D eigenvalue weighted by Crippen LogP contribution is -2.28. The van der Waals surface area contributed by atoms with E-state index in [9.17, 15) is 19.5 Å². The smallest absolute Gasteiger partial charge is 0.308 e. The summed E-state index contributed by atoms with van der Waals surface area (Å²) >= 11 is 6.09. The van der Waals surface area contributed by atoms with E-state index in [4.69, 9.17) is 20.8 Å². The highest BCUT2D eigenvalue weighted by molar-refractivity contribution is 6.33. The molecule has 0 radical (unpaired) electrons. The first kappa shape index (κ1) is 16.1. The number of nitrogens with zero attached hydrogens (tertiary/aromatic N) is 1. The minimum atomic E-state index is -0.739. The first-order valence-electron chi connectivity index (χ1n) is 7.05. The Balaban J connectivity index is 2.20. The number of anilines is 1. The van der Waals surface area contributed by atoms with Crippen molar-refractivity contribution in [2.75, 3.05) is 4.90 Å². The summed E-state index contributed by atoms with van der Waals surface area (Å²) in [4.78, 5) is 36.0. The summed E-state index contributed by atoms with van der Waals surface area (Å²) in [6, 6.07) is 6.51. The molecule has 1 N–H and O–H groups in total. The molecule has 2 heterocycles. The molecule has 1 aliphatic rings. The highest BCUT2D eigenvalue weighted by Crippen LogP contribution is 2.50. The summed E-state index contributed by atoms with van der Waals surface area (Å²) < 4.78 is 10.5. The maximum absolute atomic E-state index is 11.9. The van der Waals surface area contributed by atoms with Crippen LogP contribution in [0.2, 0.25) is 5.02 Å². The summed E-state index contributed by atoms with van der Waals surface area (Å²) in [5.41, 5.74) is 0.329. The van der Waals surface area contributed by atoms with Gasteiger partial charge in [0.05, 0.1) is 5.02 Å². The molecule has 1 aromatic carbocycles. The van der Waals surface area contributed by atoms with Crippen LogP contribution >= 0.6 is 11.6 Å². The van der Waals surface area contributed by atoms with Crippen molar-refractivity contribution >= 4 is 35.3 Å². The molecule has 0 unspecified atom stereocenters. The maximum Gasteiger partial charge on any atom is 0.308 e. The lowest BCUT2D eigenvalue weighted by atomic mass is 10.1. The Morgan fingerprint density at radius 1 is 1.25 bits per heavy atom. The summed E-state index contributed by atoms with van der Waals surface area (Å²) in [7, 11) is 0. The first-order chi connectivity index (χ1) is 11.4. The molecule has 1 saturated heterocycles. The minimum Gasteiger partial charge on any atom is -0.502 e. The van der Waals surface area contributed by atoms with Gasteiger partial charge in [0.15, 0.2) is 5.76 Å². The Morgan fingerprint density at radius 3 is 2.46 bits per heavy atom. The monoisotopic (exact) mass is 349 g/mol. The number of hydrogen-bond acceptors (Lipinski definition) is 6. The van der Waals surface area contributed by atoms with E-state index in [0.29, 0.717) is 5.56 Å². The van der Waals surface area contributed by atoms with Gasteiger partial charge in [0.1, 0.15) is 0 Å². The molecule has 0 spiro atoms. The van der Waals surface area contributed by atoms with Gasteiger partial charge in [-0.3, -0.25) is 14.4 Å². The van der Waals surface area contributed by atoms with Gasteiger partial charge in [0.2, 0.25) is 23.3 Å². The molecule has 1 fully saturated rings. The van der Waals surface area contributed by atoms with Gasteiger partial charge in [0.25, 0.3) is 5.88 Å². The van der Waals surface area contributed by atoms with Crippen molar-refractivity contribution in [3.63, 3.8) is 0 Å². The third-order valence-electron chi connectivity index (χ3n) is 3.44. The van der Waals surface area contributed by atoms with Crippen LogP contribution in [0.1, 0.15) is 19.8 Å². The van der Waals surface area contributed by atoms with E-state index in [1.54, 1.807) is 24.3 Å². The highest BCUT2D eigenvalue weighted by atomic mass is 35.5. The van der Waals surface area contributed by atoms with E-state index < -0.39 is 23.5 Å². The van der Waals surface area contributed by atoms with Crippen LogP contribution in [0.3, 0.4) is 0 Å². The van der Waals surface area contributed by atoms with E-state index >= 15 is 0 Å². The summed E-state index contributed by atoms with van der Waals surface area (Å²) in [5.74, 6) is -3.08. The number of aromatic hydroxyl groups is 1. The number of rotatable bonds is 3. The van der Waals surface area contributed by atoms with Gasteiger partial charge in [0, 0.05) is 25.3 Å². The SMILES string of the molecule is CC(=O)Oc1c(N2C(=O)CCC2=O)oc(-c2ccccc2Cl)c1O. The van der Waals surface area contributed by atoms with Gasteiger partial charge in [-0.05, 0) is 12.1 Å². The van der Waals surface area contributed by atoms with E-state index in [2.05, 4.69) is 0 Å². The zero-order chi connectivity index (χ0) is 17.4. The molecule has 124 valence electrons. The number of carbonyl (C=O) groups is 3. The molecule has 0 aliphatic carbocycles. The van der Waals surface area contributed by atoms with Crippen LogP contribution in [0.25, 0.3) is 11.3 Å². The minimum absolute atomic E-state index is 0.0151. The lowest BCUT2D eigenvalue weighted by molar-refractivity contribution is -0.132. The average molecular weight is 350 g/mol. The molecule has 1 aliphatic heterocycles. The Hall–Kier alpha value is -2.80. The number of amides is 2. The largest absolute Gasteiger partial charge is 0.502 e. The van der Waals surface area contributed by atoms with Crippen molar-refractivity contribution in [1.29, 1.82) is 0 Å². The lowest BCUT2D eigenvalue weighted by Gasteiger charge is -2.11. The van der Waals surface area contributed by atoms with Crippen LogP contribution in [-0.4, -0.2) is 22.9 Å². The van der Waals surface area contributed by atoms with Gasteiger partial charge in [-0.25, -0.2) is 4.90 Å². The standard InChI is InChI=1S/C16H12ClNO6/c1-8(19)23-15-13(22)14(9-4-2-3-5-10(9)17)24-16(15)18-11(20)6-7-12(18)21/h2-5,22H,6-7H2,1H3. The van der Waals surface area contributed by atoms with Crippen molar-refractivity contribution < 1.29 is 28.6 Å².